The molecule has 35 heavy (non-hydrogen) atoms. The van der Waals surface area contributed by atoms with Crippen LogP contribution in [-0.4, -0.2) is 65.9 Å². The number of nitrogens with zero attached hydrogens (tertiary/aromatic N) is 2. The molecule has 7 nitrogen and oxygen atoms in total. The van der Waals surface area contributed by atoms with E-state index >= 15 is 0 Å². The topological polar surface area (TPSA) is 79.3 Å². The lowest BCUT2D eigenvalue weighted by Crippen LogP contribution is -2.31. The number of urea groups is 1. The number of aliphatic carboxylic acids is 1. The zero-order chi connectivity index (χ0) is 25.6. The molecule has 2 amide bonds. The summed E-state index contributed by atoms with van der Waals surface area (Å²) in [6.45, 7) is 3.12. The van der Waals surface area contributed by atoms with Gasteiger partial charge >= 0.3 is 18.2 Å². The Morgan fingerprint density at radius 2 is 1.74 bits per heavy atom. The molecule has 0 aromatic heterocycles. The van der Waals surface area contributed by atoms with Crippen LogP contribution in [0.1, 0.15) is 30.0 Å². The molecule has 190 valence electrons. The second-order valence-electron chi connectivity index (χ2n) is 8.39. The smallest absolute Gasteiger partial charge is 0.416 e. The van der Waals surface area contributed by atoms with Crippen molar-refractivity contribution in [3.05, 3.63) is 65.2 Å². The standard InChI is InChI=1S/C25H29F3N2O5/c1-3-34-22(23(31)32)14-17-6-10-21(11-7-17)35-13-12-20-16-30(24(33)29(20)2)15-18-4-8-19(9-5-18)25(26,27)28/h4-11,20,22H,3,12-16H2,1-2H3,(H,31,32)/t20-,22-/m0/s1. The molecule has 0 unspecified atom stereocenters. The average molecular weight is 495 g/mol. The number of hydrogen-bond acceptors (Lipinski definition) is 4. The second-order valence-corrected chi connectivity index (χ2v) is 8.39. The van der Waals surface area contributed by atoms with Crippen LogP contribution in [0.15, 0.2) is 48.5 Å². The Labute approximate surface area is 202 Å². The van der Waals surface area contributed by atoms with Crippen molar-refractivity contribution in [3.63, 3.8) is 0 Å². The number of rotatable bonds is 11. The van der Waals surface area contributed by atoms with Gasteiger partial charge in [-0.05, 0) is 42.3 Å². The Morgan fingerprint density at radius 1 is 1.11 bits per heavy atom. The number of ether oxygens (including phenoxy) is 2. The van der Waals surface area contributed by atoms with Gasteiger partial charge in [-0.3, -0.25) is 0 Å². The lowest BCUT2D eigenvalue weighted by atomic mass is 10.1. The molecule has 2 aromatic rings. The maximum atomic E-state index is 12.7. The minimum absolute atomic E-state index is 0.0845. The summed E-state index contributed by atoms with van der Waals surface area (Å²) in [5, 5.41) is 9.20. The minimum Gasteiger partial charge on any atom is -0.494 e. The van der Waals surface area contributed by atoms with E-state index in [0.29, 0.717) is 37.5 Å². The number of carbonyl (C=O) groups excluding carboxylic acids is 1. The van der Waals surface area contributed by atoms with Crippen molar-refractivity contribution in [1.82, 2.24) is 9.80 Å². The van der Waals surface area contributed by atoms with Crippen LogP contribution in [0.4, 0.5) is 18.0 Å². The van der Waals surface area contributed by atoms with E-state index in [1.165, 1.54) is 12.1 Å². The molecule has 1 aliphatic heterocycles. The van der Waals surface area contributed by atoms with Crippen molar-refractivity contribution < 1.29 is 37.3 Å². The molecule has 1 aliphatic rings. The molecule has 2 aromatic carbocycles. The van der Waals surface area contributed by atoms with Gasteiger partial charge in [-0.1, -0.05) is 24.3 Å². The third-order valence-corrected chi connectivity index (χ3v) is 5.91. The predicted molar refractivity (Wildman–Crippen MR) is 122 cm³/mol. The van der Waals surface area contributed by atoms with E-state index in [0.717, 1.165) is 17.7 Å². The van der Waals surface area contributed by atoms with Crippen molar-refractivity contribution in [1.29, 1.82) is 0 Å². The number of carbonyl (C=O) groups is 2. The molecule has 0 saturated carbocycles. The van der Waals surface area contributed by atoms with Crippen LogP contribution >= 0.6 is 0 Å². The van der Waals surface area contributed by atoms with E-state index in [4.69, 9.17) is 9.47 Å². The number of amides is 2. The molecule has 0 aliphatic carbocycles. The average Bonchev–Trinajstić information content (AvgIpc) is 3.07. The van der Waals surface area contributed by atoms with Gasteiger partial charge in [0.05, 0.1) is 18.2 Å². The summed E-state index contributed by atoms with van der Waals surface area (Å²) in [5.41, 5.74) is 0.731. The Morgan fingerprint density at radius 3 is 2.31 bits per heavy atom. The van der Waals surface area contributed by atoms with Gasteiger partial charge in [-0.15, -0.1) is 0 Å². The first-order valence-corrected chi connectivity index (χ1v) is 11.3. The molecule has 1 fully saturated rings. The first-order chi connectivity index (χ1) is 16.6. The predicted octanol–water partition coefficient (Wildman–Crippen LogP) is 4.44. The number of alkyl halides is 3. The third-order valence-electron chi connectivity index (χ3n) is 5.91. The van der Waals surface area contributed by atoms with Gasteiger partial charge in [0.15, 0.2) is 6.10 Å². The first kappa shape index (κ1) is 26.3. The molecule has 0 bridgehead atoms. The lowest BCUT2D eigenvalue weighted by molar-refractivity contribution is -0.150. The monoisotopic (exact) mass is 494 g/mol. The lowest BCUT2D eigenvalue weighted by Gasteiger charge is -2.18. The summed E-state index contributed by atoms with van der Waals surface area (Å²) in [5.74, 6) is -0.375. The molecular weight excluding hydrogens is 465 g/mol. The van der Waals surface area contributed by atoms with Gasteiger partial charge in [0.1, 0.15) is 5.75 Å². The highest BCUT2D eigenvalue weighted by Crippen LogP contribution is 2.29. The summed E-state index contributed by atoms with van der Waals surface area (Å²) < 4.78 is 49.3. The van der Waals surface area contributed by atoms with E-state index in [-0.39, 0.29) is 25.0 Å². The number of hydrogen-bond donors (Lipinski definition) is 1. The molecular formula is C25H29F3N2O5. The van der Waals surface area contributed by atoms with Crippen molar-refractivity contribution >= 4 is 12.0 Å². The number of carboxylic acids is 1. The third kappa shape index (κ3) is 7.11. The molecule has 0 radical (unpaired) electrons. The van der Waals surface area contributed by atoms with Gasteiger partial charge in [0, 0.05) is 39.6 Å². The fraction of sp³-hybridized carbons (Fsp3) is 0.440. The van der Waals surface area contributed by atoms with E-state index in [9.17, 15) is 27.9 Å². The maximum Gasteiger partial charge on any atom is 0.416 e. The summed E-state index contributed by atoms with van der Waals surface area (Å²) >= 11 is 0. The van der Waals surface area contributed by atoms with Gasteiger partial charge in [0.2, 0.25) is 0 Å². The summed E-state index contributed by atoms with van der Waals surface area (Å²) in [6, 6.07) is 11.7. The van der Waals surface area contributed by atoms with Crippen molar-refractivity contribution in [2.75, 3.05) is 26.8 Å². The van der Waals surface area contributed by atoms with E-state index < -0.39 is 23.8 Å². The SMILES string of the molecule is CCO[C@@H](Cc1ccc(OCC[C@H]2CN(Cc3ccc(C(F)(F)F)cc3)C(=O)N2C)cc1)C(=O)O. The fourth-order valence-corrected chi connectivity index (χ4v) is 3.94. The van der Waals surface area contributed by atoms with Gasteiger partial charge in [-0.25, -0.2) is 9.59 Å². The quantitative estimate of drug-likeness (QED) is 0.500. The van der Waals surface area contributed by atoms with E-state index in [1.807, 2.05) is 0 Å². The number of benzene rings is 2. The zero-order valence-electron chi connectivity index (χ0n) is 19.6. The highest BCUT2D eigenvalue weighted by Gasteiger charge is 2.34. The van der Waals surface area contributed by atoms with Crippen molar-refractivity contribution in [3.8, 4) is 5.75 Å². The fourth-order valence-electron chi connectivity index (χ4n) is 3.94. The van der Waals surface area contributed by atoms with Crippen LogP contribution in [0.5, 0.6) is 5.75 Å². The molecule has 1 saturated heterocycles. The van der Waals surface area contributed by atoms with Crippen LogP contribution in [-0.2, 0) is 28.7 Å². The first-order valence-electron chi connectivity index (χ1n) is 11.3. The Kier molecular flexibility index (Phi) is 8.61. The van der Waals surface area contributed by atoms with Crippen molar-refractivity contribution in [2.24, 2.45) is 0 Å². The highest BCUT2D eigenvalue weighted by atomic mass is 19.4. The molecule has 0 spiro atoms. The van der Waals surface area contributed by atoms with Gasteiger partial charge in [0.25, 0.3) is 0 Å². The normalized spacial score (nSPS) is 17.1. The summed E-state index contributed by atoms with van der Waals surface area (Å²) in [4.78, 5) is 27.0. The highest BCUT2D eigenvalue weighted by molar-refractivity contribution is 5.77. The summed E-state index contributed by atoms with van der Waals surface area (Å²) in [7, 11) is 1.70. The van der Waals surface area contributed by atoms with Crippen molar-refractivity contribution in [2.45, 2.75) is 44.6 Å². The van der Waals surface area contributed by atoms with Crippen LogP contribution in [0.2, 0.25) is 0 Å². The molecule has 10 heteroatoms. The molecule has 1 heterocycles. The largest absolute Gasteiger partial charge is 0.494 e. The zero-order valence-corrected chi connectivity index (χ0v) is 19.6. The van der Waals surface area contributed by atoms with E-state index in [2.05, 4.69) is 0 Å². The molecule has 1 N–H and O–H groups in total. The minimum atomic E-state index is -4.39. The van der Waals surface area contributed by atoms with Gasteiger partial charge in [-0.2, -0.15) is 13.2 Å². The van der Waals surface area contributed by atoms with E-state index in [1.54, 1.807) is 48.0 Å². The van der Waals surface area contributed by atoms with Crippen LogP contribution < -0.4 is 4.74 Å². The number of halogens is 3. The Balaban J connectivity index is 1.48. The van der Waals surface area contributed by atoms with Crippen LogP contribution in [0.25, 0.3) is 0 Å². The molecule has 3 rings (SSSR count). The molecule has 2 atom stereocenters. The van der Waals surface area contributed by atoms with Crippen LogP contribution in [0, 0.1) is 0 Å². The summed E-state index contributed by atoms with van der Waals surface area (Å²) in [6.07, 6.45) is -4.45. The second kappa shape index (κ2) is 11.4. The van der Waals surface area contributed by atoms with Crippen LogP contribution in [0.3, 0.4) is 0 Å². The Bertz CT molecular complexity index is 996. The number of carboxylic acid groups (broad SMARTS) is 1. The number of likely N-dealkylation sites (N-methyl/N-ethyl adjacent to an activating group) is 1. The Hall–Kier alpha value is -3.27. The van der Waals surface area contributed by atoms with Gasteiger partial charge < -0.3 is 24.4 Å². The maximum absolute atomic E-state index is 12.7.